The Morgan fingerprint density at radius 3 is 2.79 bits per heavy atom. The van der Waals surface area contributed by atoms with E-state index >= 15 is 0 Å². The summed E-state index contributed by atoms with van der Waals surface area (Å²) >= 11 is 0. The van der Waals surface area contributed by atoms with Crippen LogP contribution in [0.25, 0.3) is 0 Å². The van der Waals surface area contributed by atoms with E-state index in [4.69, 9.17) is 0 Å². The number of carbonyl (C=O) groups is 2. The number of nitrogens with one attached hydrogen (secondary N) is 2. The fraction of sp³-hybridized carbons (Fsp3) is 0.636. The van der Waals surface area contributed by atoms with E-state index in [0.29, 0.717) is 18.2 Å². The largest absolute Gasteiger partial charge is 0.358 e. The van der Waals surface area contributed by atoms with Crippen LogP contribution in [0.2, 0.25) is 0 Å². The average Bonchev–Trinajstić information content (AvgIpc) is 2.74. The maximum atomic E-state index is 12.6. The van der Waals surface area contributed by atoms with Crippen molar-refractivity contribution in [2.24, 2.45) is 0 Å². The molecule has 1 aliphatic carbocycles. The Labute approximate surface area is 167 Å². The minimum atomic E-state index is -0.0742. The van der Waals surface area contributed by atoms with Gasteiger partial charge in [-0.05, 0) is 57.4 Å². The molecule has 0 radical (unpaired) electrons. The third-order valence-corrected chi connectivity index (χ3v) is 6.58. The van der Waals surface area contributed by atoms with Gasteiger partial charge in [-0.15, -0.1) is 0 Å². The second kappa shape index (κ2) is 8.52. The number of hydrogen-bond acceptors (Lipinski definition) is 4. The second-order valence-electron chi connectivity index (χ2n) is 8.45. The van der Waals surface area contributed by atoms with E-state index in [1.807, 2.05) is 18.2 Å². The van der Waals surface area contributed by atoms with Gasteiger partial charge in [-0.3, -0.25) is 9.59 Å². The van der Waals surface area contributed by atoms with Gasteiger partial charge in [0.1, 0.15) is 6.04 Å². The zero-order valence-electron chi connectivity index (χ0n) is 16.9. The van der Waals surface area contributed by atoms with Crippen molar-refractivity contribution in [3.05, 3.63) is 23.8 Å². The predicted octanol–water partition coefficient (Wildman–Crippen LogP) is 2.99. The molecule has 6 heteroatoms. The number of nitrogens with zero attached hydrogens (tertiary/aromatic N) is 2. The topological polar surface area (TPSA) is 64.7 Å². The van der Waals surface area contributed by atoms with Crippen LogP contribution in [0.4, 0.5) is 11.4 Å². The summed E-state index contributed by atoms with van der Waals surface area (Å²) in [5, 5.41) is 6.04. The van der Waals surface area contributed by atoms with Crippen LogP contribution in [0, 0.1) is 0 Å². The van der Waals surface area contributed by atoms with E-state index in [-0.39, 0.29) is 17.9 Å². The lowest BCUT2D eigenvalue weighted by atomic mass is 9.94. The summed E-state index contributed by atoms with van der Waals surface area (Å²) in [6.07, 6.45) is 9.65. The lowest BCUT2D eigenvalue weighted by Gasteiger charge is -2.41. The first-order chi connectivity index (χ1) is 13.6. The van der Waals surface area contributed by atoms with Crippen molar-refractivity contribution in [3.8, 4) is 0 Å². The van der Waals surface area contributed by atoms with Gasteiger partial charge in [0.05, 0.1) is 11.4 Å². The normalized spacial score (nSPS) is 22.4. The van der Waals surface area contributed by atoms with Crippen LogP contribution in [-0.4, -0.2) is 55.5 Å². The highest BCUT2D eigenvalue weighted by molar-refractivity contribution is 6.05. The molecule has 2 amide bonds. The number of carbonyl (C=O) groups excluding carboxylic acids is 2. The second-order valence-corrected chi connectivity index (χ2v) is 8.45. The van der Waals surface area contributed by atoms with Crippen LogP contribution < -0.4 is 15.5 Å². The standard InChI is InChI=1S/C22H32N4O2/c1-25(17-7-3-2-4-8-17)14-12-23-21(27)16-10-11-19-18(15-16)24-22(28)20-9-5-6-13-26(19)20/h10-11,15,17,20H,2-9,12-14H2,1H3,(H,23,27)(H,24,28). The molecule has 152 valence electrons. The summed E-state index contributed by atoms with van der Waals surface area (Å²) in [5.74, 6) is -0.0197. The van der Waals surface area contributed by atoms with Gasteiger partial charge in [-0.25, -0.2) is 0 Å². The fourth-order valence-electron chi connectivity index (χ4n) is 4.89. The predicted molar refractivity (Wildman–Crippen MR) is 112 cm³/mol. The summed E-state index contributed by atoms with van der Waals surface area (Å²) in [5.41, 5.74) is 2.41. The van der Waals surface area contributed by atoms with Crippen LogP contribution in [0.1, 0.15) is 61.7 Å². The molecule has 1 atom stereocenters. The van der Waals surface area contributed by atoms with Crippen LogP contribution in [-0.2, 0) is 4.79 Å². The lowest BCUT2D eigenvalue weighted by molar-refractivity contribution is -0.118. The van der Waals surface area contributed by atoms with Crippen LogP contribution in [0.3, 0.4) is 0 Å². The Hall–Kier alpha value is -2.08. The van der Waals surface area contributed by atoms with Gasteiger partial charge in [-0.2, -0.15) is 0 Å². The molecule has 2 aliphatic heterocycles. The molecule has 1 aromatic rings. The number of rotatable bonds is 5. The van der Waals surface area contributed by atoms with Gasteiger partial charge < -0.3 is 20.4 Å². The number of likely N-dealkylation sites (N-methyl/N-ethyl adjacent to an activating group) is 1. The number of amides is 2. The summed E-state index contributed by atoms with van der Waals surface area (Å²) in [6, 6.07) is 6.27. The summed E-state index contributed by atoms with van der Waals surface area (Å²) in [7, 11) is 2.16. The average molecular weight is 385 g/mol. The first kappa shape index (κ1) is 19.2. The molecule has 1 unspecified atom stereocenters. The SMILES string of the molecule is CN(CCNC(=O)c1ccc2c(c1)NC(=O)C1CCCCN21)C1CCCCC1. The fourth-order valence-corrected chi connectivity index (χ4v) is 4.89. The summed E-state index contributed by atoms with van der Waals surface area (Å²) in [6.45, 7) is 2.42. The zero-order chi connectivity index (χ0) is 19.5. The Bertz CT molecular complexity index is 729. The van der Waals surface area contributed by atoms with Crippen LogP contribution in [0.15, 0.2) is 18.2 Å². The molecule has 0 spiro atoms. The van der Waals surface area contributed by atoms with E-state index in [0.717, 1.165) is 43.7 Å². The first-order valence-electron chi connectivity index (χ1n) is 10.8. The van der Waals surface area contributed by atoms with Gasteiger partial charge in [0.25, 0.3) is 5.91 Å². The highest BCUT2D eigenvalue weighted by Crippen LogP contribution is 2.36. The highest BCUT2D eigenvalue weighted by atomic mass is 16.2. The van der Waals surface area contributed by atoms with E-state index in [1.165, 1.54) is 32.1 Å². The molecular weight excluding hydrogens is 352 g/mol. The molecule has 4 rings (SSSR count). The molecule has 0 bridgehead atoms. The molecule has 3 aliphatic rings. The third-order valence-electron chi connectivity index (χ3n) is 6.58. The van der Waals surface area contributed by atoms with Gasteiger partial charge in [-0.1, -0.05) is 19.3 Å². The van der Waals surface area contributed by atoms with Crippen molar-refractivity contribution in [1.82, 2.24) is 10.2 Å². The molecule has 0 aromatic heterocycles. The Kier molecular flexibility index (Phi) is 5.85. The van der Waals surface area contributed by atoms with E-state index in [9.17, 15) is 9.59 Å². The molecule has 1 aromatic carbocycles. The molecule has 2 N–H and O–H groups in total. The van der Waals surface area contributed by atoms with E-state index in [2.05, 4.69) is 27.5 Å². The van der Waals surface area contributed by atoms with E-state index in [1.54, 1.807) is 0 Å². The van der Waals surface area contributed by atoms with Crippen LogP contribution >= 0.6 is 0 Å². The Morgan fingerprint density at radius 2 is 1.96 bits per heavy atom. The van der Waals surface area contributed by atoms with Crippen molar-refractivity contribution >= 4 is 23.2 Å². The molecule has 6 nitrogen and oxygen atoms in total. The molecule has 1 saturated carbocycles. The van der Waals surface area contributed by atoms with Crippen molar-refractivity contribution in [3.63, 3.8) is 0 Å². The van der Waals surface area contributed by atoms with Crippen molar-refractivity contribution in [1.29, 1.82) is 0 Å². The number of fused-ring (bicyclic) bond motifs is 3. The Balaban J connectivity index is 1.35. The number of piperidine rings is 1. The molecule has 2 heterocycles. The third kappa shape index (κ3) is 4.02. The van der Waals surface area contributed by atoms with Gasteiger partial charge >= 0.3 is 0 Å². The summed E-state index contributed by atoms with van der Waals surface area (Å²) in [4.78, 5) is 29.6. The monoisotopic (exact) mass is 384 g/mol. The van der Waals surface area contributed by atoms with Crippen molar-refractivity contribution in [2.45, 2.75) is 63.5 Å². The zero-order valence-corrected chi connectivity index (χ0v) is 16.9. The van der Waals surface area contributed by atoms with Gasteiger partial charge in [0.2, 0.25) is 5.91 Å². The highest BCUT2D eigenvalue weighted by Gasteiger charge is 2.34. The number of anilines is 2. The van der Waals surface area contributed by atoms with Gasteiger partial charge in [0.15, 0.2) is 0 Å². The number of hydrogen-bond donors (Lipinski definition) is 2. The first-order valence-corrected chi connectivity index (χ1v) is 10.8. The molecular formula is C22H32N4O2. The van der Waals surface area contributed by atoms with Gasteiger partial charge in [0, 0.05) is 31.2 Å². The van der Waals surface area contributed by atoms with Crippen molar-refractivity contribution < 1.29 is 9.59 Å². The van der Waals surface area contributed by atoms with Crippen molar-refractivity contribution in [2.75, 3.05) is 36.9 Å². The Morgan fingerprint density at radius 1 is 1.18 bits per heavy atom. The van der Waals surface area contributed by atoms with Crippen LogP contribution in [0.5, 0.6) is 0 Å². The molecule has 2 fully saturated rings. The summed E-state index contributed by atoms with van der Waals surface area (Å²) < 4.78 is 0. The quantitative estimate of drug-likeness (QED) is 0.819. The number of benzene rings is 1. The maximum absolute atomic E-state index is 12.6. The van der Waals surface area contributed by atoms with E-state index < -0.39 is 0 Å². The smallest absolute Gasteiger partial charge is 0.251 e. The maximum Gasteiger partial charge on any atom is 0.251 e. The minimum Gasteiger partial charge on any atom is -0.358 e. The molecule has 28 heavy (non-hydrogen) atoms. The minimum absolute atomic E-state index is 0.0545. The lowest BCUT2D eigenvalue weighted by Crippen LogP contribution is -2.50. The molecule has 1 saturated heterocycles.